The zero-order chi connectivity index (χ0) is 27.9. The molecule has 9 nitrogen and oxygen atoms in total. The second-order valence-corrected chi connectivity index (χ2v) is 22.7. The van der Waals surface area contributed by atoms with Crippen LogP contribution in [0.1, 0.15) is 60.6 Å². The summed E-state index contributed by atoms with van der Waals surface area (Å²) in [6, 6.07) is 1.74. The highest BCUT2D eigenvalue weighted by Gasteiger charge is 2.54. The molecule has 2 aromatic rings. The highest BCUT2D eigenvalue weighted by molar-refractivity contribution is 6.74. The van der Waals surface area contributed by atoms with E-state index >= 15 is 0 Å². The normalized spacial score (nSPS) is 23.4. The SMILES string of the molecule is C=CCC1(CO[Si](C)(C)C(C)(C)C)O[C@@H](n2ccc(-n3cncn3)nc2=O)CC1O[Si](C)(C)C(C)(C)C. The number of aromatic nitrogens is 5. The molecule has 0 saturated carbocycles. The van der Waals surface area contributed by atoms with Crippen LogP contribution in [-0.2, 0) is 13.6 Å². The molecule has 206 valence electrons. The molecule has 2 unspecified atom stereocenters. The summed E-state index contributed by atoms with van der Waals surface area (Å²) in [5, 5.41) is 4.14. The Balaban J connectivity index is 2.00. The maximum Gasteiger partial charge on any atom is 0.351 e. The summed E-state index contributed by atoms with van der Waals surface area (Å²) >= 11 is 0. The first-order valence-electron chi connectivity index (χ1n) is 13.0. The van der Waals surface area contributed by atoms with Crippen molar-refractivity contribution in [1.82, 2.24) is 24.3 Å². The van der Waals surface area contributed by atoms with Gasteiger partial charge in [0.1, 0.15) is 24.5 Å². The number of ether oxygens (including phenoxy) is 1. The van der Waals surface area contributed by atoms with E-state index in [1.165, 1.54) is 17.3 Å². The van der Waals surface area contributed by atoms with Crippen molar-refractivity contribution in [1.29, 1.82) is 0 Å². The van der Waals surface area contributed by atoms with E-state index in [-0.39, 0.29) is 16.2 Å². The van der Waals surface area contributed by atoms with E-state index in [9.17, 15) is 4.79 Å². The van der Waals surface area contributed by atoms with Crippen molar-refractivity contribution in [3.63, 3.8) is 0 Å². The van der Waals surface area contributed by atoms with Crippen molar-refractivity contribution in [2.75, 3.05) is 6.61 Å². The summed E-state index contributed by atoms with van der Waals surface area (Å²) in [6.45, 7) is 26.7. The quantitative estimate of drug-likeness (QED) is 0.303. The van der Waals surface area contributed by atoms with Crippen LogP contribution >= 0.6 is 0 Å². The minimum absolute atomic E-state index is 0.0170. The predicted octanol–water partition coefficient (Wildman–Crippen LogP) is 5.47. The number of rotatable bonds is 9. The van der Waals surface area contributed by atoms with Crippen LogP contribution in [0.25, 0.3) is 5.82 Å². The van der Waals surface area contributed by atoms with Crippen molar-refractivity contribution >= 4 is 16.6 Å². The summed E-state index contributed by atoms with van der Waals surface area (Å²) in [5.41, 5.74) is -1.18. The van der Waals surface area contributed by atoms with Gasteiger partial charge in [0.25, 0.3) is 0 Å². The highest BCUT2D eigenvalue weighted by Crippen LogP contribution is 2.47. The molecule has 0 radical (unpaired) electrons. The van der Waals surface area contributed by atoms with Gasteiger partial charge in [-0.25, -0.2) is 14.5 Å². The van der Waals surface area contributed by atoms with Crippen LogP contribution < -0.4 is 5.69 Å². The molecule has 37 heavy (non-hydrogen) atoms. The molecular formula is C26H45N5O4Si2. The van der Waals surface area contributed by atoms with Crippen LogP contribution in [0.2, 0.25) is 36.3 Å². The van der Waals surface area contributed by atoms with Crippen LogP contribution in [0.15, 0.2) is 42.4 Å². The Hall–Kier alpha value is -1.93. The molecule has 0 spiro atoms. The number of nitrogens with zero attached hydrogens (tertiary/aromatic N) is 5. The van der Waals surface area contributed by atoms with Crippen LogP contribution in [0.5, 0.6) is 0 Å². The predicted molar refractivity (Wildman–Crippen MR) is 151 cm³/mol. The van der Waals surface area contributed by atoms with Crippen molar-refractivity contribution in [3.05, 3.63) is 48.1 Å². The molecule has 0 bridgehead atoms. The molecule has 0 aliphatic carbocycles. The standard InChI is InChI=1S/C26H45N5O4Si2/c1-12-14-26(17-33-36(8,9)24(2,3)4)20(35-37(10,11)25(5,6)7)16-22(34-26)30-15-13-21(29-23(30)32)31-19-27-18-28-31/h12-13,15,18-20,22H,1,14,16-17H2,2-11H3/t20?,22-,26?/m1/s1. The smallest absolute Gasteiger partial charge is 0.351 e. The van der Waals surface area contributed by atoms with Crippen LogP contribution in [0.3, 0.4) is 0 Å². The third-order valence-corrected chi connectivity index (χ3v) is 17.3. The van der Waals surface area contributed by atoms with Gasteiger partial charge in [-0.3, -0.25) is 4.57 Å². The Kier molecular flexibility index (Phi) is 8.27. The summed E-state index contributed by atoms with van der Waals surface area (Å²) < 4.78 is 23.5. The fourth-order valence-corrected chi connectivity index (χ4v) is 6.27. The van der Waals surface area contributed by atoms with Crippen molar-refractivity contribution < 1.29 is 13.6 Å². The lowest BCUT2D eigenvalue weighted by Gasteiger charge is -2.45. The van der Waals surface area contributed by atoms with E-state index in [0.717, 1.165) is 0 Å². The molecule has 3 rings (SSSR count). The maximum atomic E-state index is 13.1. The Bertz CT molecular complexity index is 1140. The molecule has 3 heterocycles. The molecule has 0 aromatic carbocycles. The summed E-state index contributed by atoms with van der Waals surface area (Å²) in [4.78, 5) is 21.3. The van der Waals surface area contributed by atoms with Gasteiger partial charge in [-0.2, -0.15) is 10.1 Å². The summed E-state index contributed by atoms with van der Waals surface area (Å²) in [5.74, 6) is 0.407. The first-order chi connectivity index (χ1) is 16.9. The van der Waals surface area contributed by atoms with Gasteiger partial charge >= 0.3 is 5.69 Å². The Morgan fingerprint density at radius 2 is 1.81 bits per heavy atom. The van der Waals surface area contributed by atoms with E-state index in [2.05, 4.69) is 89.4 Å². The molecule has 0 N–H and O–H groups in total. The second-order valence-electron chi connectivity index (χ2n) is 13.1. The first kappa shape index (κ1) is 29.6. The largest absolute Gasteiger partial charge is 0.414 e. The second kappa shape index (κ2) is 10.3. The van der Waals surface area contributed by atoms with Gasteiger partial charge in [0.2, 0.25) is 0 Å². The molecule has 3 atom stereocenters. The molecule has 11 heteroatoms. The van der Waals surface area contributed by atoms with E-state index in [1.807, 2.05) is 6.08 Å². The Labute approximate surface area is 223 Å². The molecule has 2 aromatic heterocycles. The van der Waals surface area contributed by atoms with Gasteiger partial charge in [0.15, 0.2) is 22.5 Å². The fourth-order valence-electron chi connectivity index (χ4n) is 3.86. The van der Waals surface area contributed by atoms with Crippen molar-refractivity contribution in [3.8, 4) is 5.82 Å². The molecular weight excluding hydrogens is 502 g/mol. The van der Waals surface area contributed by atoms with Crippen LogP contribution in [-0.4, -0.2) is 59.3 Å². The maximum absolute atomic E-state index is 13.1. The van der Waals surface area contributed by atoms with E-state index in [1.54, 1.807) is 16.8 Å². The summed E-state index contributed by atoms with van der Waals surface area (Å²) in [7, 11) is -4.25. The lowest BCUT2D eigenvalue weighted by Crippen LogP contribution is -2.54. The van der Waals surface area contributed by atoms with Crippen LogP contribution in [0.4, 0.5) is 0 Å². The molecule has 1 aliphatic rings. The monoisotopic (exact) mass is 547 g/mol. The minimum atomic E-state index is -2.17. The molecule has 1 fully saturated rings. The van der Waals surface area contributed by atoms with Gasteiger partial charge in [-0.1, -0.05) is 47.6 Å². The van der Waals surface area contributed by atoms with Gasteiger partial charge < -0.3 is 13.6 Å². The Morgan fingerprint density at radius 3 is 2.32 bits per heavy atom. The van der Waals surface area contributed by atoms with Gasteiger partial charge in [0.05, 0.1) is 12.7 Å². The van der Waals surface area contributed by atoms with Crippen LogP contribution in [0, 0.1) is 0 Å². The Morgan fingerprint density at radius 1 is 1.16 bits per heavy atom. The average Bonchev–Trinajstić information content (AvgIpc) is 3.40. The lowest BCUT2D eigenvalue weighted by molar-refractivity contribution is -0.121. The number of hydrogen-bond acceptors (Lipinski definition) is 7. The highest BCUT2D eigenvalue weighted by atomic mass is 28.4. The minimum Gasteiger partial charge on any atom is -0.414 e. The van der Waals surface area contributed by atoms with E-state index in [0.29, 0.717) is 25.3 Å². The average molecular weight is 548 g/mol. The van der Waals surface area contributed by atoms with Crippen molar-refractivity contribution in [2.24, 2.45) is 0 Å². The zero-order valence-corrected chi connectivity index (χ0v) is 26.2. The van der Waals surface area contributed by atoms with Gasteiger partial charge in [0, 0.05) is 12.6 Å². The third kappa shape index (κ3) is 6.22. The topological polar surface area (TPSA) is 93.3 Å². The van der Waals surface area contributed by atoms with Gasteiger partial charge in [-0.05, 0) is 48.8 Å². The summed E-state index contributed by atoms with van der Waals surface area (Å²) in [6.07, 6.45) is 6.76. The van der Waals surface area contributed by atoms with E-state index in [4.69, 9.17) is 13.6 Å². The lowest BCUT2D eigenvalue weighted by atomic mass is 9.94. The van der Waals surface area contributed by atoms with E-state index < -0.39 is 34.2 Å². The number of hydrogen-bond donors (Lipinski definition) is 0. The van der Waals surface area contributed by atoms with Crippen molar-refractivity contribution in [2.45, 2.75) is 109 Å². The zero-order valence-electron chi connectivity index (χ0n) is 24.2. The third-order valence-electron chi connectivity index (χ3n) is 8.37. The first-order valence-corrected chi connectivity index (χ1v) is 18.8. The fraction of sp³-hybridized carbons (Fsp3) is 0.692. The molecule has 1 aliphatic heterocycles. The van der Waals surface area contributed by atoms with Gasteiger partial charge in [-0.15, -0.1) is 6.58 Å². The molecule has 1 saturated heterocycles. The molecule has 0 amide bonds.